The molecule has 0 aliphatic rings. The largest absolute Gasteiger partial charge is 0.472 e. The molecule has 1 unspecified atom stereocenters. The lowest BCUT2D eigenvalue weighted by molar-refractivity contribution is -0.161. The van der Waals surface area contributed by atoms with Gasteiger partial charge >= 0.3 is 19.8 Å². The van der Waals surface area contributed by atoms with E-state index in [1.54, 1.807) is 0 Å². The highest BCUT2D eigenvalue weighted by molar-refractivity contribution is 7.47. The fourth-order valence-corrected chi connectivity index (χ4v) is 7.78. The van der Waals surface area contributed by atoms with E-state index in [-0.39, 0.29) is 26.1 Å². The molecular weight excluding hydrogens is 757 g/mol. The average Bonchev–Trinajstić information content (AvgIpc) is 3.66. The zero-order valence-corrected chi connectivity index (χ0v) is 38.4. The normalized spacial score (nSPS) is 13.3. The molecule has 11 nitrogen and oxygen atoms in total. The lowest BCUT2D eigenvalue weighted by Gasteiger charge is -2.20. The SMILES string of the molecule is CCCc1cc(C)c(CCCCCCCCCCC(=O)OC[C@H](COP(=O)(O)OCCN(C)C)OC(=O)CCCCCCCCCCc2oc(CCC)c(C)c2C)o1. The van der Waals surface area contributed by atoms with E-state index in [4.69, 9.17) is 27.4 Å². The van der Waals surface area contributed by atoms with Crippen LogP contribution in [0.5, 0.6) is 0 Å². The molecule has 0 saturated heterocycles. The highest BCUT2D eigenvalue weighted by Gasteiger charge is 2.26. The Labute approximate surface area is 351 Å². The second-order valence-corrected chi connectivity index (χ2v) is 17.8. The maximum atomic E-state index is 12.7. The maximum Gasteiger partial charge on any atom is 0.472 e. The van der Waals surface area contributed by atoms with Crippen molar-refractivity contribution in [1.82, 2.24) is 4.90 Å². The van der Waals surface area contributed by atoms with Crippen LogP contribution in [0.25, 0.3) is 0 Å². The number of carbonyl (C=O) groups is 2. The Bertz CT molecular complexity index is 1450. The fraction of sp³-hybridized carbons (Fsp3) is 0.783. The lowest BCUT2D eigenvalue weighted by atomic mass is 10.0. The van der Waals surface area contributed by atoms with E-state index in [9.17, 15) is 19.0 Å². The van der Waals surface area contributed by atoms with Gasteiger partial charge in [0.05, 0.1) is 13.2 Å². The Morgan fingerprint density at radius 3 is 1.71 bits per heavy atom. The van der Waals surface area contributed by atoms with Crippen molar-refractivity contribution in [3.8, 4) is 0 Å². The van der Waals surface area contributed by atoms with E-state index >= 15 is 0 Å². The number of aryl methyl sites for hydroxylation is 5. The summed E-state index contributed by atoms with van der Waals surface area (Å²) in [6.45, 7) is 10.6. The van der Waals surface area contributed by atoms with Gasteiger partial charge in [0.25, 0.3) is 0 Å². The molecule has 0 fully saturated rings. The quantitative estimate of drug-likeness (QED) is 0.0399. The van der Waals surface area contributed by atoms with Gasteiger partial charge in [-0.2, -0.15) is 0 Å². The molecular formula is C46H80NO10P. The highest BCUT2D eigenvalue weighted by atomic mass is 31.2. The zero-order chi connectivity index (χ0) is 42.6. The minimum absolute atomic E-state index is 0.00410. The molecule has 2 heterocycles. The first-order chi connectivity index (χ1) is 27.8. The first kappa shape index (κ1) is 51.7. The highest BCUT2D eigenvalue weighted by Crippen LogP contribution is 2.43. The minimum Gasteiger partial charge on any atom is -0.466 e. The van der Waals surface area contributed by atoms with Crippen LogP contribution in [0.2, 0.25) is 0 Å². The van der Waals surface area contributed by atoms with Gasteiger partial charge < -0.3 is 28.1 Å². The molecule has 0 amide bonds. The number of hydrogen-bond donors (Lipinski definition) is 1. The number of carbonyl (C=O) groups excluding carboxylic acids is 2. The molecule has 2 atom stereocenters. The fourth-order valence-electron chi connectivity index (χ4n) is 7.04. The van der Waals surface area contributed by atoms with Crippen LogP contribution in [0, 0.1) is 20.8 Å². The van der Waals surface area contributed by atoms with Gasteiger partial charge in [-0.1, -0.05) is 90.9 Å². The smallest absolute Gasteiger partial charge is 0.466 e. The maximum absolute atomic E-state index is 12.7. The van der Waals surface area contributed by atoms with Crippen LogP contribution in [0.3, 0.4) is 0 Å². The molecule has 0 radical (unpaired) electrons. The molecule has 12 heteroatoms. The molecule has 0 saturated carbocycles. The van der Waals surface area contributed by atoms with Gasteiger partial charge in [-0.05, 0) is 96.1 Å². The van der Waals surface area contributed by atoms with Gasteiger partial charge in [0.1, 0.15) is 29.6 Å². The van der Waals surface area contributed by atoms with Crippen molar-refractivity contribution in [3.63, 3.8) is 0 Å². The van der Waals surface area contributed by atoms with Crippen LogP contribution >= 0.6 is 7.82 Å². The van der Waals surface area contributed by atoms with Gasteiger partial charge in [0.15, 0.2) is 6.10 Å². The summed E-state index contributed by atoms with van der Waals surface area (Å²) in [6, 6.07) is 2.18. The van der Waals surface area contributed by atoms with Crippen molar-refractivity contribution in [1.29, 1.82) is 0 Å². The standard InChI is InChI=1S/C46H80NO10P/c1-8-26-40-34-37(3)42(55-40)28-22-18-14-10-12-16-20-24-30-45(48)52-35-41(36-54-58(50,51)53-33-32-47(6)7)56-46(49)31-25-21-17-13-11-15-19-23-29-44-39(5)38(4)43(57-44)27-9-2/h34,41H,8-33,35-36H2,1-7H3,(H,50,51)/t41-/m1/s1. The predicted octanol–water partition coefficient (Wildman–Crippen LogP) is 11.7. The lowest BCUT2D eigenvalue weighted by Crippen LogP contribution is -2.29. The monoisotopic (exact) mass is 838 g/mol. The summed E-state index contributed by atoms with van der Waals surface area (Å²) in [7, 11) is -0.743. The molecule has 0 spiro atoms. The van der Waals surface area contributed by atoms with Crippen LogP contribution in [0.4, 0.5) is 0 Å². The van der Waals surface area contributed by atoms with Crippen LogP contribution < -0.4 is 0 Å². The van der Waals surface area contributed by atoms with Crippen molar-refractivity contribution < 1.29 is 46.4 Å². The molecule has 1 N–H and O–H groups in total. The average molecular weight is 838 g/mol. The molecule has 0 aromatic carbocycles. The van der Waals surface area contributed by atoms with Gasteiger partial charge in [-0.25, -0.2) is 4.57 Å². The summed E-state index contributed by atoms with van der Waals surface area (Å²) in [5.41, 5.74) is 3.89. The van der Waals surface area contributed by atoms with Crippen molar-refractivity contribution >= 4 is 19.8 Å². The number of phosphoric acid groups is 1. The first-order valence-corrected chi connectivity index (χ1v) is 24.1. The van der Waals surface area contributed by atoms with Crippen LogP contribution in [-0.2, 0) is 58.4 Å². The molecule has 2 aromatic heterocycles. The molecule has 2 rings (SSSR count). The molecule has 2 aromatic rings. The summed E-state index contributed by atoms with van der Waals surface area (Å²) in [4.78, 5) is 37.2. The molecule has 0 aliphatic carbocycles. The summed E-state index contributed by atoms with van der Waals surface area (Å²) in [6.07, 6.45) is 22.6. The first-order valence-electron chi connectivity index (χ1n) is 22.6. The van der Waals surface area contributed by atoms with Crippen molar-refractivity contribution in [2.75, 3.05) is 40.5 Å². The molecule has 334 valence electrons. The van der Waals surface area contributed by atoms with E-state index < -0.39 is 32.5 Å². The van der Waals surface area contributed by atoms with Crippen molar-refractivity contribution in [3.05, 3.63) is 45.8 Å². The van der Waals surface area contributed by atoms with E-state index in [0.717, 1.165) is 119 Å². The second kappa shape index (κ2) is 30.6. The number of nitrogens with zero attached hydrogens (tertiary/aromatic N) is 1. The Kier molecular flexibility index (Phi) is 27.3. The van der Waals surface area contributed by atoms with Gasteiger partial charge in [-0.3, -0.25) is 18.6 Å². The third kappa shape index (κ3) is 23.4. The zero-order valence-electron chi connectivity index (χ0n) is 37.5. The number of phosphoric ester groups is 1. The number of unbranched alkanes of at least 4 members (excludes halogenated alkanes) is 14. The number of ether oxygens (including phenoxy) is 2. The Balaban J connectivity index is 1.61. The van der Waals surface area contributed by atoms with Gasteiger partial charge in [0.2, 0.25) is 0 Å². The van der Waals surface area contributed by atoms with E-state index in [0.29, 0.717) is 19.4 Å². The second-order valence-electron chi connectivity index (χ2n) is 16.4. The summed E-state index contributed by atoms with van der Waals surface area (Å²) >= 11 is 0. The van der Waals surface area contributed by atoms with E-state index in [1.165, 1.54) is 48.8 Å². The van der Waals surface area contributed by atoms with Crippen LogP contribution in [-0.4, -0.2) is 68.3 Å². The third-order valence-corrected chi connectivity index (χ3v) is 11.7. The Hall–Kier alpha value is -2.43. The van der Waals surface area contributed by atoms with E-state index in [1.807, 2.05) is 19.0 Å². The molecule has 0 aliphatic heterocycles. The third-order valence-electron chi connectivity index (χ3n) is 10.7. The predicted molar refractivity (Wildman–Crippen MR) is 231 cm³/mol. The topological polar surface area (TPSA) is 138 Å². The molecule has 0 bridgehead atoms. The summed E-state index contributed by atoms with van der Waals surface area (Å²) < 4.78 is 45.7. The number of hydrogen-bond acceptors (Lipinski definition) is 10. The summed E-state index contributed by atoms with van der Waals surface area (Å²) in [5.74, 6) is 3.69. The number of likely N-dealkylation sites (N-methyl/N-ethyl adjacent to an activating group) is 1. The van der Waals surface area contributed by atoms with Crippen LogP contribution in [0.15, 0.2) is 14.9 Å². The number of rotatable bonds is 36. The summed E-state index contributed by atoms with van der Waals surface area (Å²) in [5, 5.41) is 0. The minimum atomic E-state index is -4.38. The van der Waals surface area contributed by atoms with E-state index in [2.05, 4.69) is 40.7 Å². The number of esters is 2. The van der Waals surface area contributed by atoms with Gasteiger partial charge in [-0.15, -0.1) is 0 Å². The van der Waals surface area contributed by atoms with Gasteiger partial charge in [0, 0.05) is 45.1 Å². The Morgan fingerprint density at radius 2 is 1.16 bits per heavy atom. The van der Waals surface area contributed by atoms with Crippen molar-refractivity contribution in [2.45, 2.75) is 195 Å². The molecule has 58 heavy (non-hydrogen) atoms. The van der Waals surface area contributed by atoms with Crippen molar-refractivity contribution in [2.24, 2.45) is 0 Å². The Morgan fingerprint density at radius 1 is 0.655 bits per heavy atom. The number of furan rings is 2. The van der Waals surface area contributed by atoms with Crippen LogP contribution in [0.1, 0.15) is 182 Å².